The molecular weight excluding hydrogens is 328 g/mol. The molecule has 1 amide bonds. The summed E-state index contributed by atoms with van der Waals surface area (Å²) in [6, 6.07) is 7.43. The number of amides is 1. The van der Waals surface area contributed by atoms with Crippen molar-refractivity contribution in [3.63, 3.8) is 0 Å². The van der Waals surface area contributed by atoms with Crippen LogP contribution in [0.3, 0.4) is 0 Å². The first-order valence-corrected chi connectivity index (χ1v) is 8.20. The molecule has 0 aliphatic carbocycles. The van der Waals surface area contributed by atoms with E-state index in [0.29, 0.717) is 29.7 Å². The Morgan fingerprint density at radius 2 is 2.12 bits per heavy atom. The number of aromatic nitrogens is 1. The monoisotopic (exact) mass is 346 g/mol. The molecule has 1 unspecified atom stereocenters. The predicted molar refractivity (Wildman–Crippen MR) is 93.0 cm³/mol. The van der Waals surface area contributed by atoms with Crippen molar-refractivity contribution in [1.29, 1.82) is 0 Å². The second-order valence-electron chi connectivity index (χ2n) is 5.84. The van der Waals surface area contributed by atoms with Gasteiger partial charge in [-0.3, -0.25) is 4.79 Å². The highest BCUT2D eigenvalue weighted by molar-refractivity contribution is 6.32. The Labute approximate surface area is 145 Å². The molecule has 2 aromatic rings. The Balaban J connectivity index is 1.74. The van der Waals surface area contributed by atoms with Crippen molar-refractivity contribution in [2.24, 2.45) is 0 Å². The highest BCUT2D eigenvalue weighted by Crippen LogP contribution is 2.26. The van der Waals surface area contributed by atoms with E-state index in [0.717, 1.165) is 23.2 Å². The van der Waals surface area contributed by atoms with Gasteiger partial charge >= 0.3 is 0 Å². The number of nitrogens with one attached hydrogen (secondary N) is 1. The van der Waals surface area contributed by atoms with Crippen molar-refractivity contribution in [2.45, 2.75) is 26.4 Å². The van der Waals surface area contributed by atoms with Crippen LogP contribution in [0.1, 0.15) is 27.9 Å². The number of pyridine rings is 1. The molecule has 1 aliphatic heterocycles. The second-order valence-corrected chi connectivity index (χ2v) is 6.24. The third-order valence-corrected chi connectivity index (χ3v) is 4.23. The molecule has 1 aliphatic rings. The first kappa shape index (κ1) is 16.7. The summed E-state index contributed by atoms with van der Waals surface area (Å²) in [6.07, 6.45) is 2.25. The molecule has 3 rings (SSSR count). The number of carbonyl (C=O) groups is 1. The number of rotatable bonds is 4. The van der Waals surface area contributed by atoms with Crippen molar-refractivity contribution in [2.75, 3.05) is 18.5 Å². The molecule has 0 spiro atoms. The Morgan fingerprint density at radius 1 is 1.38 bits per heavy atom. The van der Waals surface area contributed by atoms with Gasteiger partial charge in [-0.2, -0.15) is 0 Å². The van der Waals surface area contributed by atoms with Gasteiger partial charge in [0.25, 0.3) is 5.91 Å². The zero-order chi connectivity index (χ0) is 17.1. The highest BCUT2D eigenvalue weighted by atomic mass is 35.5. The standard InChI is InChI=1S/C18H19ClN2O3/c1-11-4-3-5-12(2)16(11)21-17(22)13-8-15(19)18(20-9-13)24-14-6-7-23-10-14/h3-5,8-9,14H,6-7,10H2,1-2H3,(H,21,22). The molecule has 1 N–H and O–H groups in total. The normalized spacial score (nSPS) is 16.9. The summed E-state index contributed by atoms with van der Waals surface area (Å²) in [5.74, 6) is 0.0772. The molecule has 2 heterocycles. The average Bonchev–Trinajstić information content (AvgIpc) is 3.06. The van der Waals surface area contributed by atoms with Crippen LogP contribution < -0.4 is 10.1 Å². The third kappa shape index (κ3) is 3.68. The number of anilines is 1. The molecule has 1 atom stereocenters. The molecule has 126 valence electrons. The number of hydrogen-bond donors (Lipinski definition) is 1. The Kier molecular flexibility index (Phi) is 5.02. The summed E-state index contributed by atoms with van der Waals surface area (Å²) in [6.45, 7) is 5.12. The molecule has 1 aromatic carbocycles. The topological polar surface area (TPSA) is 60.5 Å². The third-order valence-electron chi connectivity index (χ3n) is 3.96. The number of nitrogens with zero attached hydrogens (tertiary/aromatic N) is 1. The predicted octanol–water partition coefficient (Wildman–Crippen LogP) is 3.77. The minimum Gasteiger partial charge on any atom is -0.471 e. The minimum absolute atomic E-state index is 0.0377. The van der Waals surface area contributed by atoms with Crippen molar-refractivity contribution in [1.82, 2.24) is 4.98 Å². The van der Waals surface area contributed by atoms with Crippen LogP contribution in [0.2, 0.25) is 5.02 Å². The summed E-state index contributed by atoms with van der Waals surface area (Å²) in [7, 11) is 0. The molecule has 1 saturated heterocycles. The summed E-state index contributed by atoms with van der Waals surface area (Å²) in [5, 5.41) is 3.23. The van der Waals surface area contributed by atoms with Crippen molar-refractivity contribution < 1.29 is 14.3 Å². The lowest BCUT2D eigenvalue weighted by atomic mass is 10.1. The lowest BCUT2D eigenvalue weighted by Gasteiger charge is -2.14. The molecule has 5 nitrogen and oxygen atoms in total. The van der Waals surface area contributed by atoms with Crippen LogP contribution in [0.15, 0.2) is 30.5 Å². The van der Waals surface area contributed by atoms with Crippen LogP contribution in [-0.2, 0) is 4.74 Å². The van der Waals surface area contributed by atoms with E-state index < -0.39 is 0 Å². The fourth-order valence-corrected chi connectivity index (χ4v) is 2.81. The van der Waals surface area contributed by atoms with Gasteiger partial charge in [0, 0.05) is 18.3 Å². The smallest absolute Gasteiger partial charge is 0.257 e. The fourth-order valence-electron chi connectivity index (χ4n) is 2.60. The lowest BCUT2D eigenvalue weighted by Crippen LogP contribution is -2.18. The van der Waals surface area contributed by atoms with Crippen LogP contribution in [0, 0.1) is 13.8 Å². The molecule has 1 fully saturated rings. The van der Waals surface area contributed by atoms with E-state index in [-0.39, 0.29) is 12.0 Å². The van der Waals surface area contributed by atoms with Gasteiger partial charge in [0.15, 0.2) is 0 Å². The Morgan fingerprint density at radius 3 is 2.75 bits per heavy atom. The van der Waals surface area contributed by atoms with Gasteiger partial charge in [0.05, 0.1) is 18.8 Å². The van der Waals surface area contributed by atoms with E-state index >= 15 is 0 Å². The zero-order valence-electron chi connectivity index (χ0n) is 13.6. The molecule has 0 radical (unpaired) electrons. The Hall–Kier alpha value is -2.11. The second kappa shape index (κ2) is 7.20. The maximum atomic E-state index is 12.5. The van der Waals surface area contributed by atoms with E-state index in [1.807, 2.05) is 32.0 Å². The minimum atomic E-state index is -0.252. The van der Waals surface area contributed by atoms with Crippen LogP contribution in [0.5, 0.6) is 5.88 Å². The molecule has 1 aromatic heterocycles. The van der Waals surface area contributed by atoms with Gasteiger partial charge < -0.3 is 14.8 Å². The number of aryl methyl sites for hydroxylation is 2. The van der Waals surface area contributed by atoms with Crippen molar-refractivity contribution in [3.8, 4) is 5.88 Å². The maximum Gasteiger partial charge on any atom is 0.257 e. The molecule has 24 heavy (non-hydrogen) atoms. The Bertz CT molecular complexity index is 738. The van der Waals surface area contributed by atoms with E-state index in [2.05, 4.69) is 10.3 Å². The van der Waals surface area contributed by atoms with Gasteiger partial charge in [0.2, 0.25) is 5.88 Å². The lowest BCUT2D eigenvalue weighted by molar-refractivity contribution is 0.102. The number of carbonyl (C=O) groups excluding carboxylic acids is 1. The number of hydrogen-bond acceptors (Lipinski definition) is 4. The van der Waals surface area contributed by atoms with Gasteiger partial charge in [0.1, 0.15) is 11.1 Å². The largest absolute Gasteiger partial charge is 0.471 e. The number of para-hydroxylation sites is 1. The van der Waals surface area contributed by atoms with E-state index in [1.165, 1.54) is 6.20 Å². The van der Waals surface area contributed by atoms with Crippen LogP contribution in [-0.4, -0.2) is 30.2 Å². The zero-order valence-corrected chi connectivity index (χ0v) is 14.4. The average molecular weight is 347 g/mol. The first-order valence-electron chi connectivity index (χ1n) is 7.82. The first-order chi connectivity index (χ1) is 11.5. The summed E-state index contributed by atoms with van der Waals surface area (Å²) >= 11 is 6.21. The maximum absolute atomic E-state index is 12.5. The van der Waals surface area contributed by atoms with Crippen LogP contribution in [0.4, 0.5) is 5.69 Å². The highest BCUT2D eigenvalue weighted by Gasteiger charge is 2.20. The van der Waals surface area contributed by atoms with Gasteiger partial charge in [-0.15, -0.1) is 0 Å². The van der Waals surface area contributed by atoms with Gasteiger partial charge in [-0.1, -0.05) is 29.8 Å². The van der Waals surface area contributed by atoms with Crippen LogP contribution >= 0.6 is 11.6 Å². The van der Waals surface area contributed by atoms with E-state index in [4.69, 9.17) is 21.1 Å². The molecule has 0 saturated carbocycles. The van der Waals surface area contributed by atoms with Crippen molar-refractivity contribution >= 4 is 23.2 Å². The quantitative estimate of drug-likeness (QED) is 0.915. The number of ether oxygens (including phenoxy) is 2. The van der Waals surface area contributed by atoms with Crippen molar-refractivity contribution in [3.05, 3.63) is 52.2 Å². The number of benzene rings is 1. The fraction of sp³-hybridized carbons (Fsp3) is 0.333. The SMILES string of the molecule is Cc1cccc(C)c1NC(=O)c1cnc(OC2CCOC2)c(Cl)c1. The molecule has 6 heteroatoms. The van der Waals surface area contributed by atoms with E-state index in [9.17, 15) is 4.79 Å². The summed E-state index contributed by atoms with van der Waals surface area (Å²) < 4.78 is 11.0. The molecule has 0 bridgehead atoms. The number of halogens is 1. The molecular formula is C18H19ClN2O3. The van der Waals surface area contributed by atoms with Gasteiger partial charge in [-0.05, 0) is 31.0 Å². The summed E-state index contributed by atoms with van der Waals surface area (Å²) in [5.41, 5.74) is 3.20. The summed E-state index contributed by atoms with van der Waals surface area (Å²) in [4.78, 5) is 16.6. The van der Waals surface area contributed by atoms with Crippen LogP contribution in [0.25, 0.3) is 0 Å². The van der Waals surface area contributed by atoms with E-state index in [1.54, 1.807) is 6.07 Å². The van der Waals surface area contributed by atoms with Gasteiger partial charge in [-0.25, -0.2) is 4.98 Å².